The van der Waals surface area contributed by atoms with Gasteiger partial charge in [-0.15, -0.1) is 0 Å². The fraction of sp³-hybridized carbons (Fsp3) is 0.333. The van der Waals surface area contributed by atoms with Crippen LogP contribution in [0.25, 0.3) is 0 Å². The summed E-state index contributed by atoms with van der Waals surface area (Å²) in [5.41, 5.74) is 5.40. The number of rotatable bonds is 3. The highest BCUT2D eigenvalue weighted by atomic mass is 35.5. The van der Waals surface area contributed by atoms with Crippen LogP contribution in [0.2, 0.25) is 5.02 Å². The molecule has 1 rings (SSSR count). The largest absolute Gasteiger partial charge is 0.489 e. The molecule has 0 aliphatic carbocycles. The first-order valence-corrected chi connectivity index (χ1v) is 4.22. The van der Waals surface area contributed by atoms with Gasteiger partial charge in [0.05, 0.1) is 0 Å². The van der Waals surface area contributed by atoms with E-state index in [0.717, 1.165) is 5.75 Å². The Morgan fingerprint density at radius 3 is 2.50 bits per heavy atom. The van der Waals surface area contributed by atoms with Crippen molar-refractivity contribution in [1.29, 1.82) is 0 Å². The number of benzene rings is 1. The molecule has 0 aromatic heterocycles. The van der Waals surface area contributed by atoms with Crippen LogP contribution in [0.15, 0.2) is 24.3 Å². The van der Waals surface area contributed by atoms with Gasteiger partial charge < -0.3 is 10.5 Å². The molecular weight excluding hydrogens is 174 g/mol. The number of halogens is 1. The number of nitrogens with two attached hydrogens (primary N) is 1. The van der Waals surface area contributed by atoms with Gasteiger partial charge in [-0.1, -0.05) is 11.6 Å². The SMILES string of the molecule is CC(CN)Oc1ccc(Cl)cc1. The second kappa shape index (κ2) is 4.33. The Morgan fingerprint density at radius 2 is 2.00 bits per heavy atom. The molecule has 0 saturated heterocycles. The molecule has 0 aliphatic rings. The van der Waals surface area contributed by atoms with Crippen molar-refractivity contribution in [3.05, 3.63) is 29.3 Å². The van der Waals surface area contributed by atoms with Crippen LogP contribution >= 0.6 is 11.6 Å². The molecule has 3 heteroatoms. The molecule has 66 valence electrons. The molecule has 0 heterocycles. The maximum absolute atomic E-state index is 5.70. The van der Waals surface area contributed by atoms with Gasteiger partial charge in [-0.25, -0.2) is 0 Å². The highest BCUT2D eigenvalue weighted by Crippen LogP contribution is 2.16. The normalized spacial score (nSPS) is 12.6. The molecule has 2 N–H and O–H groups in total. The van der Waals surface area contributed by atoms with Crippen LogP contribution in [0.5, 0.6) is 5.75 Å². The van der Waals surface area contributed by atoms with E-state index in [9.17, 15) is 0 Å². The minimum Gasteiger partial charge on any atom is -0.489 e. The lowest BCUT2D eigenvalue weighted by atomic mass is 10.3. The number of ether oxygens (including phenoxy) is 1. The van der Waals surface area contributed by atoms with Gasteiger partial charge in [-0.3, -0.25) is 0 Å². The maximum atomic E-state index is 5.70. The molecule has 1 aromatic rings. The van der Waals surface area contributed by atoms with Gasteiger partial charge in [-0.2, -0.15) is 0 Å². The fourth-order valence-corrected chi connectivity index (χ4v) is 0.920. The van der Waals surface area contributed by atoms with Crippen molar-refractivity contribution in [2.75, 3.05) is 6.54 Å². The Morgan fingerprint density at radius 1 is 1.42 bits per heavy atom. The molecule has 2 nitrogen and oxygen atoms in total. The van der Waals surface area contributed by atoms with Crippen LogP contribution < -0.4 is 10.5 Å². The van der Waals surface area contributed by atoms with Gasteiger partial charge in [0.15, 0.2) is 0 Å². The molecule has 0 aliphatic heterocycles. The third kappa shape index (κ3) is 2.72. The standard InChI is InChI=1S/C9H12ClNO/c1-7(6-11)12-9-4-2-8(10)3-5-9/h2-5,7H,6,11H2,1H3. The summed E-state index contributed by atoms with van der Waals surface area (Å²) in [6, 6.07) is 7.24. The Kier molecular flexibility index (Phi) is 3.38. The molecular formula is C9H12ClNO. The minimum absolute atomic E-state index is 0.0474. The molecule has 0 saturated carbocycles. The highest BCUT2D eigenvalue weighted by molar-refractivity contribution is 6.30. The third-order valence-electron chi connectivity index (χ3n) is 1.48. The first-order valence-electron chi connectivity index (χ1n) is 3.84. The van der Waals surface area contributed by atoms with Gasteiger partial charge >= 0.3 is 0 Å². The van der Waals surface area contributed by atoms with Crippen LogP contribution in [0.3, 0.4) is 0 Å². The van der Waals surface area contributed by atoms with Crippen molar-refractivity contribution in [2.24, 2.45) is 5.73 Å². The maximum Gasteiger partial charge on any atom is 0.119 e. The molecule has 1 aromatic carbocycles. The van der Waals surface area contributed by atoms with Crippen molar-refractivity contribution >= 4 is 11.6 Å². The summed E-state index contributed by atoms with van der Waals surface area (Å²) < 4.78 is 5.43. The average molecular weight is 186 g/mol. The Bertz CT molecular complexity index is 235. The molecule has 0 spiro atoms. The van der Waals surface area contributed by atoms with Gasteiger partial charge in [0.2, 0.25) is 0 Å². The Labute approximate surface area is 77.3 Å². The van der Waals surface area contributed by atoms with Crippen molar-refractivity contribution in [2.45, 2.75) is 13.0 Å². The van der Waals surface area contributed by atoms with Gasteiger partial charge in [-0.05, 0) is 31.2 Å². The lowest BCUT2D eigenvalue weighted by molar-refractivity contribution is 0.230. The highest BCUT2D eigenvalue weighted by Gasteiger charge is 1.99. The predicted octanol–water partition coefficient (Wildman–Crippen LogP) is 2.07. The van der Waals surface area contributed by atoms with E-state index in [1.807, 2.05) is 19.1 Å². The third-order valence-corrected chi connectivity index (χ3v) is 1.73. The Hall–Kier alpha value is -0.730. The average Bonchev–Trinajstić information content (AvgIpc) is 2.09. The molecule has 0 radical (unpaired) electrons. The van der Waals surface area contributed by atoms with Crippen molar-refractivity contribution in [3.8, 4) is 5.75 Å². The van der Waals surface area contributed by atoms with Crippen molar-refractivity contribution in [3.63, 3.8) is 0 Å². The summed E-state index contributed by atoms with van der Waals surface area (Å²) in [5, 5.41) is 0.711. The monoisotopic (exact) mass is 185 g/mol. The molecule has 0 fully saturated rings. The van der Waals surface area contributed by atoms with E-state index in [0.29, 0.717) is 11.6 Å². The van der Waals surface area contributed by atoms with E-state index < -0.39 is 0 Å². The van der Waals surface area contributed by atoms with E-state index in [4.69, 9.17) is 22.1 Å². The Balaban J connectivity index is 2.58. The van der Waals surface area contributed by atoms with Crippen LogP contribution in [0.4, 0.5) is 0 Å². The first kappa shape index (κ1) is 9.36. The smallest absolute Gasteiger partial charge is 0.119 e. The summed E-state index contributed by atoms with van der Waals surface area (Å²) in [7, 11) is 0. The van der Waals surface area contributed by atoms with E-state index in [2.05, 4.69) is 0 Å². The number of hydrogen-bond donors (Lipinski definition) is 1. The van der Waals surface area contributed by atoms with E-state index >= 15 is 0 Å². The molecule has 0 bridgehead atoms. The van der Waals surface area contributed by atoms with Crippen LogP contribution in [-0.2, 0) is 0 Å². The second-order valence-electron chi connectivity index (χ2n) is 2.62. The summed E-state index contributed by atoms with van der Waals surface area (Å²) >= 11 is 5.70. The summed E-state index contributed by atoms with van der Waals surface area (Å²) in [6.45, 7) is 2.44. The number of hydrogen-bond acceptors (Lipinski definition) is 2. The van der Waals surface area contributed by atoms with E-state index in [1.165, 1.54) is 0 Å². The van der Waals surface area contributed by atoms with Crippen molar-refractivity contribution in [1.82, 2.24) is 0 Å². The van der Waals surface area contributed by atoms with Crippen LogP contribution in [-0.4, -0.2) is 12.6 Å². The molecule has 1 unspecified atom stereocenters. The van der Waals surface area contributed by atoms with E-state index in [1.54, 1.807) is 12.1 Å². The second-order valence-corrected chi connectivity index (χ2v) is 3.05. The van der Waals surface area contributed by atoms with Crippen LogP contribution in [0, 0.1) is 0 Å². The summed E-state index contributed by atoms with van der Waals surface area (Å²) in [5.74, 6) is 0.803. The zero-order valence-electron chi connectivity index (χ0n) is 6.96. The fourth-order valence-electron chi connectivity index (χ4n) is 0.794. The van der Waals surface area contributed by atoms with Gasteiger partial charge in [0.25, 0.3) is 0 Å². The quantitative estimate of drug-likeness (QED) is 0.783. The topological polar surface area (TPSA) is 35.2 Å². The zero-order chi connectivity index (χ0) is 8.97. The predicted molar refractivity (Wildman–Crippen MR) is 50.6 cm³/mol. The first-order chi connectivity index (χ1) is 5.72. The molecule has 12 heavy (non-hydrogen) atoms. The minimum atomic E-state index is 0.0474. The summed E-state index contributed by atoms with van der Waals surface area (Å²) in [4.78, 5) is 0. The summed E-state index contributed by atoms with van der Waals surface area (Å²) in [6.07, 6.45) is 0.0474. The van der Waals surface area contributed by atoms with E-state index in [-0.39, 0.29) is 6.10 Å². The molecule has 1 atom stereocenters. The lowest BCUT2D eigenvalue weighted by Gasteiger charge is -2.11. The molecule has 0 amide bonds. The van der Waals surface area contributed by atoms with Gasteiger partial charge in [0, 0.05) is 11.6 Å². The van der Waals surface area contributed by atoms with Crippen LogP contribution in [0.1, 0.15) is 6.92 Å². The zero-order valence-corrected chi connectivity index (χ0v) is 7.71. The lowest BCUT2D eigenvalue weighted by Crippen LogP contribution is -2.22. The van der Waals surface area contributed by atoms with Crippen molar-refractivity contribution < 1.29 is 4.74 Å². The van der Waals surface area contributed by atoms with Gasteiger partial charge in [0.1, 0.15) is 11.9 Å².